The van der Waals surface area contributed by atoms with Gasteiger partial charge in [-0.3, -0.25) is 9.69 Å². The molecule has 0 spiro atoms. The van der Waals surface area contributed by atoms with Crippen molar-refractivity contribution in [1.29, 1.82) is 0 Å². The number of aromatic carboxylic acids is 1. The van der Waals surface area contributed by atoms with Crippen molar-refractivity contribution in [2.45, 2.75) is 38.8 Å². The van der Waals surface area contributed by atoms with E-state index < -0.39 is 11.8 Å². The minimum Gasteiger partial charge on any atom is -0.483 e. The molecule has 2 aromatic carbocycles. The van der Waals surface area contributed by atoms with Gasteiger partial charge in [-0.1, -0.05) is 75.4 Å². The van der Waals surface area contributed by atoms with Crippen LogP contribution in [0.4, 0.5) is 4.39 Å². The average molecular weight is 472 g/mol. The summed E-state index contributed by atoms with van der Waals surface area (Å²) in [4.78, 5) is 21.7. The van der Waals surface area contributed by atoms with Crippen molar-refractivity contribution in [3.05, 3.63) is 95.8 Å². The largest absolute Gasteiger partial charge is 0.483 e. The molecule has 0 fully saturated rings. The predicted octanol–water partition coefficient (Wildman–Crippen LogP) is 5.72. The summed E-state index contributed by atoms with van der Waals surface area (Å²) in [5, 5.41) is 16.0. The number of carbonyl (C=O) groups is 2. The Kier molecular flexibility index (Phi) is 13.8. The van der Waals surface area contributed by atoms with Crippen LogP contribution >= 0.6 is 0 Å². The molecule has 6 nitrogen and oxygen atoms in total. The molecule has 2 N–H and O–H groups in total. The van der Waals surface area contributed by atoms with Gasteiger partial charge in [-0.2, -0.15) is 0 Å². The second kappa shape index (κ2) is 16.3. The molecule has 0 radical (unpaired) electrons. The molecule has 0 aliphatic carbocycles. The van der Waals surface area contributed by atoms with Gasteiger partial charge < -0.3 is 14.9 Å². The fourth-order valence-corrected chi connectivity index (χ4v) is 3.33. The van der Waals surface area contributed by atoms with Crippen LogP contribution in [-0.4, -0.2) is 47.3 Å². The summed E-state index contributed by atoms with van der Waals surface area (Å²) in [6.07, 6.45) is 4.74. The smallest absolute Gasteiger partial charge is 0.338 e. The SMILES string of the molecule is C=CC(=C)COC(CN(CCCCC)Cc1ccc(C(=O)O)c(F)c1)c1ccccc1.O=CO. The quantitative estimate of drug-likeness (QED) is 0.208. The van der Waals surface area contributed by atoms with E-state index in [2.05, 4.69) is 25.0 Å². The zero-order valence-electron chi connectivity index (χ0n) is 19.7. The van der Waals surface area contributed by atoms with Gasteiger partial charge in [-0.15, -0.1) is 0 Å². The van der Waals surface area contributed by atoms with Crippen LogP contribution in [0, 0.1) is 5.82 Å². The maximum absolute atomic E-state index is 14.2. The number of halogens is 1. The van der Waals surface area contributed by atoms with E-state index in [0.717, 1.165) is 42.5 Å². The van der Waals surface area contributed by atoms with Crippen molar-refractivity contribution in [2.24, 2.45) is 0 Å². The van der Waals surface area contributed by atoms with Crippen LogP contribution in [0.15, 0.2) is 73.3 Å². The van der Waals surface area contributed by atoms with Gasteiger partial charge in [0.15, 0.2) is 0 Å². The fraction of sp³-hybridized carbons (Fsp3) is 0.333. The number of nitrogens with zero attached hydrogens (tertiary/aromatic N) is 1. The first-order chi connectivity index (χ1) is 16.4. The van der Waals surface area contributed by atoms with Crippen LogP contribution < -0.4 is 0 Å². The lowest BCUT2D eigenvalue weighted by molar-refractivity contribution is -0.122. The Bertz CT molecular complexity index is 916. The van der Waals surface area contributed by atoms with Crippen molar-refractivity contribution in [1.82, 2.24) is 4.90 Å². The van der Waals surface area contributed by atoms with E-state index >= 15 is 0 Å². The first kappa shape index (κ1) is 28.7. The molecule has 0 saturated carbocycles. The summed E-state index contributed by atoms with van der Waals surface area (Å²) in [5.74, 6) is -1.97. The third kappa shape index (κ3) is 10.6. The van der Waals surface area contributed by atoms with Crippen molar-refractivity contribution < 1.29 is 28.9 Å². The van der Waals surface area contributed by atoms with Gasteiger partial charge in [0.1, 0.15) is 5.82 Å². The van der Waals surface area contributed by atoms with Crippen LogP contribution in [0.1, 0.15) is 53.8 Å². The fourth-order valence-electron chi connectivity index (χ4n) is 3.33. The maximum Gasteiger partial charge on any atom is 0.338 e. The summed E-state index contributed by atoms with van der Waals surface area (Å²) in [6, 6.07) is 14.3. The van der Waals surface area contributed by atoms with Gasteiger partial charge in [-0.25, -0.2) is 9.18 Å². The Morgan fingerprint density at radius 2 is 1.88 bits per heavy atom. The van der Waals surface area contributed by atoms with Gasteiger partial charge in [0.2, 0.25) is 0 Å². The lowest BCUT2D eigenvalue weighted by atomic mass is 10.1. The number of hydrogen-bond acceptors (Lipinski definition) is 4. The Labute approximate surface area is 201 Å². The zero-order valence-corrected chi connectivity index (χ0v) is 19.7. The highest BCUT2D eigenvalue weighted by Gasteiger charge is 2.18. The van der Waals surface area contributed by atoms with Gasteiger partial charge in [0.25, 0.3) is 6.47 Å². The molecule has 184 valence electrons. The second-order valence-corrected chi connectivity index (χ2v) is 7.74. The highest BCUT2D eigenvalue weighted by Crippen LogP contribution is 2.22. The summed E-state index contributed by atoms with van der Waals surface area (Å²) in [7, 11) is 0. The zero-order chi connectivity index (χ0) is 25.3. The van der Waals surface area contributed by atoms with E-state index in [1.54, 1.807) is 12.1 Å². The minimum atomic E-state index is -1.26. The van der Waals surface area contributed by atoms with E-state index in [1.165, 1.54) is 12.1 Å². The standard InChI is InChI=1S/C26H32FNO3.CH2O2/c1-4-6-10-15-28(17-21-13-14-23(26(29)30)24(27)16-21)18-25(31-19-20(3)5-2)22-11-8-7-9-12-22;2-1-3/h5,7-9,11-14,16,25H,2-4,6,10,15,17-19H2,1H3,(H,29,30);1H,(H,2,3). The summed E-state index contributed by atoms with van der Waals surface area (Å²) in [5.41, 5.74) is 2.30. The molecule has 0 amide bonds. The number of rotatable bonds is 14. The van der Waals surface area contributed by atoms with E-state index in [1.807, 2.05) is 30.3 Å². The third-order valence-electron chi connectivity index (χ3n) is 5.10. The van der Waals surface area contributed by atoms with Crippen LogP contribution in [0.3, 0.4) is 0 Å². The van der Waals surface area contributed by atoms with Crippen molar-refractivity contribution in [2.75, 3.05) is 19.7 Å². The van der Waals surface area contributed by atoms with E-state index in [-0.39, 0.29) is 18.1 Å². The maximum atomic E-state index is 14.2. The van der Waals surface area contributed by atoms with E-state index in [4.69, 9.17) is 19.7 Å². The highest BCUT2D eigenvalue weighted by molar-refractivity contribution is 5.87. The summed E-state index contributed by atoms with van der Waals surface area (Å²) < 4.78 is 20.4. The summed E-state index contributed by atoms with van der Waals surface area (Å²) in [6.45, 7) is 11.9. The second-order valence-electron chi connectivity index (χ2n) is 7.74. The Morgan fingerprint density at radius 3 is 2.44 bits per heavy atom. The van der Waals surface area contributed by atoms with Crippen LogP contribution in [0.5, 0.6) is 0 Å². The van der Waals surface area contributed by atoms with E-state index in [9.17, 15) is 9.18 Å². The molecule has 0 aliphatic rings. The van der Waals surface area contributed by atoms with Gasteiger partial charge in [0.05, 0.1) is 18.3 Å². The third-order valence-corrected chi connectivity index (χ3v) is 5.10. The number of benzene rings is 2. The molecule has 1 unspecified atom stereocenters. The lowest BCUT2D eigenvalue weighted by Crippen LogP contribution is -2.31. The van der Waals surface area contributed by atoms with Crippen molar-refractivity contribution in [3.63, 3.8) is 0 Å². The van der Waals surface area contributed by atoms with Crippen molar-refractivity contribution in [3.8, 4) is 0 Å². The highest BCUT2D eigenvalue weighted by atomic mass is 19.1. The molecule has 2 aromatic rings. The monoisotopic (exact) mass is 471 g/mol. The first-order valence-electron chi connectivity index (χ1n) is 11.1. The molecule has 0 aliphatic heterocycles. The first-order valence-corrected chi connectivity index (χ1v) is 11.1. The van der Waals surface area contributed by atoms with Crippen LogP contribution in [0.25, 0.3) is 0 Å². The van der Waals surface area contributed by atoms with Crippen LogP contribution in [0.2, 0.25) is 0 Å². The number of carboxylic acid groups (broad SMARTS) is 2. The number of unbranched alkanes of at least 4 members (excludes halogenated alkanes) is 2. The number of hydrogen-bond donors (Lipinski definition) is 2. The molecule has 7 heteroatoms. The molecule has 1 atom stereocenters. The molecule has 34 heavy (non-hydrogen) atoms. The van der Waals surface area contributed by atoms with E-state index in [0.29, 0.717) is 19.7 Å². The normalized spacial score (nSPS) is 11.3. The topological polar surface area (TPSA) is 87.1 Å². The number of carboxylic acids is 1. The van der Waals surface area contributed by atoms with Gasteiger partial charge in [0, 0.05) is 13.1 Å². The molecule has 0 bridgehead atoms. The van der Waals surface area contributed by atoms with Gasteiger partial charge in [-0.05, 0) is 41.8 Å². The average Bonchev–Trinajstić information content (AvgIpc) is 2.82. The summed E-state index contributed by atoms with van der Waals surface area (Å²) >= 11 is 0. The molecule has 0 saturated heterocycles. The lowest BCUT2D eigenvalue weighted by Gasteiger charge is -2.28. The minimum absolute atomic E-state index is 0.178. The Morgan fingerprint density at radius 1 is 1.21 bits per heavy atom. The molecule has 0 heterocycles. The van der Waals surface area contributed by atoms with Gasteiger partial charge >= 0.3 is 5.97 Å². The molecular formula is C27H34FNO5. The predicted molar refractivity (Wildman–Crippen MR) is 131 cm³/mol. The Hall–Kier alpha value is -3.29. The molecular weight excluding hydrogens is 437 g/mol. The Balaban J connectivity index is 0.00000182. The van der Waals surface area contributed by atoms with Crippen molar-refractivity contribution >= 4 is 12.4 Å². The number of ether oxygens (including phenoxy) is 1. The molecule has 2 rings (SSSR count). The molecule has 0 aromatic heterocycles. The van der Waals surface area contributed by atoms with Crippen LogP contribution in [-0.2, 0) is 16.1 Å².